The minimum atomic E-state index is -3.53. The van der Waals surface area contributed by atoms with Crippen molar-refractivity contribution in [3.63, 3.8) is 0 Å². The molecule has 0 amide bonds. The number of sulfonamides is 1. The Morgan fingerprint density at radius 3 is 2.60 bits per heavy atom. The molecule has 1 saturated heterocycles. The molecule has 1 aromatic carbocycles. The summed E-state index contributed by atoms with van der Waals surface area (Å²) in [7, 11) is -3.53. The number of rotatable bonds is 6. The van der Waals surface area contributed by atoms with Crippen LogP contribution in [0, 0.1) is 5.82 Å². The van der Waals surface area contributed by atoms with E-state index in [1.807, 2.05) is 0 Å². The van der Waals surface area contributed by atoms with Gasteiger partial charge in [-0.15, -0.1) is 0 Å². The zero-order valence-corrected chi connectivity index (χ0v) is 14.5. The summed E-state index contributed by atoms with van der Waals surface area (Å²) in [5.41, 5.74) is 0.626. The fraction of sp³-hybridized carbons (Fsp3) is 0.353. The molecule has 134 valence electrons. The minimum absolute atomic E-state index is 0.161. The van der Waals surface area contributed by atoms with E-state index in [1.54, 1.807) is 24.3 Å². The van der Waals surface area contributed by atoms with Gasteiger partial charge in [0.15, 0.2) is 0 Å². The second kappa shape index (κ2) is 7.90. The van der Waals surface area contributed by atoms with E-state index in [1.165, 1.54) is 22.6 Å². The molecule has 2 aromatic rings. The van der Waals surface area contributed by atoms with Crippen molar-refractivity contribution in [3.05, 3.63) is 54.0 Å². The van der Waals surface area contributed by atoms with Crippen LogP contribution in [0.25, 0.3) is 0 Å². The van der Waals surface area contributed by atoms with Crippen molar-refractivity contribution in [1.82, 2.24) is 9.29 Å². The van der Waals surface area contributed by atoms with E-state index in [-0.39, 0.29) is 10.7 Å². The van der Waals surface area contributed by atoms with E-state index < -0.39 is 10.0 Å². The van der Waals surface area contributed by atoms with Crippen molar-refractivity contribution in [1.29, 1.82) is 0 Å². The summed E-state index contributed by atoms with van der Waals surface area (Å²) >= 11 is 0. The van der Waals surface area contributed by atoms with Gasteiger partial charge in [-0.05, 0) is 30.2 Å². The average Bonchev–Trinajstić information content (AvgIpc) is 2.64. The minimum Gasteiger partial charge on any atom is -0.379 e. The predicted molar refractivity (Wildman–Crippen MR) is 92.4 cm³/mol. The number of hydrogen-bond acceptors (Lipinski definition) is 5. The summed E-state index contributed by atoms with van der Waals surface area (Å²) in [6, 6.07) is 9.77. The smallest absolute Gasteiger partial charge is 0.244 e. The van der Waals surface area contributed by atoms with Crippen molar-refractivity contribution >= 4 is 15.8 Å². The lowest BCUT2D eigenvalue weighted by Gasteiger charge is -2.25. The van der Waals surface area contributed by atoms with E-state index >= 15 is 0 Å². The second-order valence-corrected chi connectivity index (χ2v) is 7.60. The molecule has 2 heterocycles. The number of ether oxygens (including phenoxy) is 1. The van der Waals surface area contributed by atoms with Crippen LogP contribution in [0.5, 0.6) is 0 Å². The third kappa shape index (κ3) is 4.33. The van der Waals surface area contributed by atoms with E-state index in [9.17, 15) is 12.8 Å². The Labute approximate surface area is 146 Å². The van der Waals surface area contributed by atoms with Crippen LogP contribution < -0.4 is 5.32 Å². The molecule has 0 atom stereocenters. The first kappa shape index (κ1) is 17.8. The Morgan fingerprint density at radius 1 is 1.16 bits per heavy atom. The highest BCUT2D eigenvalue weighted by Gasteiger charge is 2.26. The number of benzene rings is 1. The molecule has 8 heteroatoms. The van der Waals surface area contributed by atoms with Gasteiger partial charge in [-0.25, -0.2) is 17.8 Å². The lowest BCUT2D eigenvalue weighted by atomic mass is 10.1. The number of pyridine rings is 1. The first-order chi connectivity index (χ1) is 12.1. The second-order valence-electron chi connectivity index (χ2n) is 5.66. The Kier molecular flexibility index (Phi) is 5.62. The van der Waals surface area contributed by atoms with Gasteiger partial charge < -0.3 is 10.1 Å². The van der Waals surface area contributed by atoms with Gasteiger partial charge in [0.1, 0.15) is 16.5 Å². The molecular weight excluding hydrogens is 345 g/mol. The van der Waals surface area contributed by atoms with Crippen LogP contribution in [0.3, 0.4) is 0 Å². The van der Waals surface area contributed by atoms with Crippen LogP contribution in [0.4, 0.5) is 10.2 Å². The SMILES string of the molecule is O=S(=O)(c1ccc(NCCc2ccccc2F)nc1)N1CCOCC1. The average molecular weight is 365 g/mol. The van der Waals surface area contributed by atoms with E-state index in [0.717, 1.165) is 0 Å². The third-order valence-electron chi connectivity index (χ3n) is 4.00. The van der Waals surface area contributed by atoms with Crippen molar-refractivity contribution in [2.45, 2.75) is 11.3 Å². The van der Waals surface area contributed by atoms with Crippen molar-refractivity contribution in [3.8, 4) is 0 Å². The normalized spacial score (nSPS) is 15.9. The van der Waals surface area contributed by atoms with Gasteiger partial charge in [0, 0.05) is 25.8 Å². The van der Waals surface area contributed by atoms with Crippen molar-refractivity contribution in [2.24, 2.45) is 0 Å². The van der Waals surface area contributed by atoms with E-state index in [0.29, 0.717) is 50.7 Å². The zero-order valence-electron chi connectivity index (χ0n) is 13.7. The van der Waals surface area contributed by atoms with Crippen LogP contribution in [0.1, 0.15) is 5.56 Å². The molecule has 1 aliphatic heterocycles. The predicted octanol–water partition coefficient (Wildman–Crippen LogP) is 1.90. The maximum atomic E-state index is 13.6. The number of morpholine rings is 1. The molecule has 1 aliphatic rings. The zero-order chi connectivity index (χ0) is 17.7. The summed E-state index contributed by atoms with van der Waals surface area (Å²) in [6.45, 7) is 2.02. The highest BCUT2D eigenvalue weighted by molar-refractivity contribution is 7.89. The van der Waals surface area contributed by atoms with Crippen LogP contribution in [-0.2, 0) is 21.2 Å². The Balaban J connectivity index is 1.59. The Morgan fingerprint density at radius 2 is 1.92 bits per heavy atom. The maximum absolute atomic E-state index is 13.6. The summed E-state index contributed by atoms with van der Waals surface area (Å²) in [4.78, 5) is 4.31. The Hall–Kier alpha value is -2.03. The molecule has 1 fully saturated rings. The molecule has 0 spiro atoms. The quantitative estimate of drug-likeness (QED) is 0.847. The Bertz CT molecular complexity index is 806. The summed E-state index contributed by atoms with van der Waals surface area (Å²) in [5.74, 6) is 0.321. The molecule has 0 bridgehead atoms. The monoisotopic (exact) mass is 365 g/mol. The highest BCUT2D eigenvalue weighted by Crippen LogP contribution is 2.17. The van der Waals surface area contributed by atoms with Gasteiger partial charge in [-0.2, -0.15) is 4.31 Å². The number of halogens is 1. The van der Waals surface area contributed by atoms with Gasteiger partial charge in [0.25, 0.3) is 0 Å². The molecule has 0 saturated carbocycles. The molecular formula is C17H20FN3O3S. The number of hydrogen-bond donors (Lipinski definition) is 1. The molecule has 0 aliphatic carbocycles. The van der Waals surface area contributed by atoms with Gasteiger partial charge in [0.2, 0.25) is 10.0 Å². The van der Waals surface area contributed by atoms with Crippen LogP contribution in [0.2, 0.25) is 0 Å². The van der Waals surface area contributed by atoms with Crippen LogP contribution >= 0.6 is 0 Å². The lowest BCUT2D eigenvalue weighted by molar-refractivity contribution is 0.0730. The fourth-order valence-electron chi connectivity index (χ4n) is 2.60. The lowest BCUT2D eigenvalue weighted by Crippen LogP contribution is -2.40. The van der Waals surface area contributed by atoms with E-state index in [4.69, 9.17) is 4.74 Å². The standard InChI is InChI=1S/C17H20FN3O3S/c18-16-4-2-1-3-14(16)7-8-19-17-6-5-15(13-20-17)25(22,23)21-9-11-24-12-10-21/h1-6,13H,7-12H2,(H,19,20). The molecule has 3 rings (SSSR count). The number of anilines is 1. The van der Waals surface area contributed by atoms with Gasteiger partial charge in [-0.1, -0.05) is 18.2 Å². The van der Waals surface area contributed by atoms with Gasteiger partial charge in [0.05, 0.1) is 13.2 Å². The number of aromatic nitrogens is 1. The number of nitrogens with zero attached hydrogens (tertiary/aromatic N) is 2. The maximum Gasteiger partial charge on any atom is 0.244 e. The number of nitrogens with one attached hydrogen (secondary N) is 1. The highest BCUT2D eigenvalue weighted by atomic mass is 32.2. The summed E-state index contributed by atoms with van der Waals surface area (Å²) in [6.07, 6.45) is 1.86. The molecule has 1 N–H and O–H groups in total. The molecule has 1 aromatic heterocycles. The molecule has 25 heavy (non-hydrogen) atoms. The summed E-state index contributed by atoms with van der Waals surface area (Å²) in [5, 5.41) is 3.07. The van der Waals surface area contributed by atoms with Crippen molar-refractivity contribution in [2.75, 3.05) is 38.2 Å². The largest absolute Gasteiger partial charge is 0.379 e. The van der Waals surface area contributed by atoms with Crippen LogP contribution in [-0.4, -0.2) is 50.6 Å². The first-order valence-corrected chi connectivity index (χ1v) is 9.52. The van der Waals surface area contributed by atoms with Gasteiger partial charge >= 0.3 is 0 Å². The van der Waals surface area contributed by atoms with E-state index in [2.05, 4.69) is 10.3 Å². The molecule has 0 unspecified atom stereocenters. The van der Waals surface area contributed by atoms with Gasteiger partial charge in [-0.3, -0.25) is 0 Å². The first-order valence-electron chi connectivity index (χ1n) is 8.08. The molecule has 6 nitrogen and oxygen atoms in total. The fourth-order valence-corrected chi connectivity index (χ4v) is 3.95. The summed E-state index contributed by atoms with van der Waals surface area (Å²) < 4.78 is 45.1. The topological polar surface area (TPSA) is 71.5 Å². The van der Waals surface area contributed by atoms with Crippen molar-refractivity contribution < 1.29 is 17.5 Å². The third-order valence-corrected chi connectivity index (χ3v) is 5.88. The molecule has 0 radical (unpaired) electrons. The van der Waals surface area contributed by atoms with Crippen LogP contribution in [0.15, 0.2) is 47.5 Å².